The van der Waals surface area contributed by atoms with E-state index in [0.717, 1.165) is 16.8 Å². The quantitative estimate of drug-likeness (QED) is 0.553. The van der Waals surface area contributed by atoms with Crippen LogP contribution in [-0.2, 0) is 14.4 Å². The number of para-hydroxylation sites is 1. The predicted octanol–water partition coefficient (Wildman–Crippen LogP) is 4.06. The molecule has 5 rings (SSSR count). The van der Waals surface area contributed by atoms with Crippen LogP contribution < -0.4 is 19.4 Å². The lowest BCUT2D eigenvalue weighted by molar-refractivity contribution is -0.126. The highest BCUT2D eigenvalue weighted by molar-refractivity contribution is 6.23. The third-order valence-electron chi connectivity index (χ3n) is 6.17. The van der Waals surface area contributed by atoms with Gasteiger partial charge >= 0.3 is 0 Å². The van der Waals surface area contributed by atoms with Gasteiger partial charge in [0, 0.05) is 0 Å². The molecule has 2 aliphatic rings. The van der Waals surface area contributed by atoms with Crippen LogP contribution in [0, 0.1) is 12.8 Å². The first-order chi connectivity index (χ1) is 16.0. The molecule has 2 saturated heterocycles. The monoisotopic (exact) mass is 444 g/mol. The molecule has 168 valence electrons. The van der Waals surface area contributed by atoms with Gasteiger partial charge in [-0.15, -0.1) is 0 Å². The molecule has 0 spiro atoms. The van der Waals surface area contributed by atoms with Crippen molar-refractivity contribution in [3.63, 3.8) is 0 Å². The molecule has 2 fully saturated rings. The van der Waals surface area contributed by atoms with Crippen LogP contribution in [0.25, 0.3) is 0 Å². The van der Waals surface area contributed by atoms with Crippen LogP contribution in [0.2, 0.25) is 0 Å². The highest BCUT2D eigenvalue weighted by Gasteiger charge is 2.60. The van der Waals surface area contributed by atoms with E-state index in [9.17, 15) is 9.59 Å². The van der Waals surface area contributed by atoms with Crippen molar-refractivity contribution >= 4 is 23.2 Å². The van der Waals surface area contributed by atoms with E-state index in [1.807, 2.05) is 61.5 Å². The summed E-state index contributed by atoms with van der Waals surface area (Å²) in [4.78, 5) is 34.4. The molecule has 7 nitrogen and oxygen atoms in total. The van der Waals surface area contributed by atoms with Crippen LogP contribution >= 0.6 is 0 Å². The number of imide groups is 1. The zero-order valence-corrected chi connectivity index (χ0v) is 18.6. The summed E-state index contributed by atoms with van der Waals surface area (Å²) in [5, 5.41) is 1.67. The largest absolute Gasteiger partial charge is 0.493 e. The number of aryl methyl sites for hydroxylation is 1. The molecule has 2 aliphatic heterocycles. The van der Waals surface area contributed by atoms with Crippen molar-refractivity contribution in [1.82, 2.24) is 0 Å². The van der Waals surface area contributed by atoms with E-state index in [4.69, 9.17) is 14.3 Å². The average molecular weight is 444 g/mol. The fraction of sp³-hybridized carbons (Fsp3) is 0.231. The predicted molar refractivity (Wildman–Crippen MR) is 123 cm³/mol. The van der Waals surface area contributed by atoms with E-state index in [2.05, 4.69) is 0 Å². The molecule has 2 amide bonds. The van der Waals surface area contributed by atoms with Crippen LogP contribution in [0.4, 0.5) is 11.4 Å². The Balaban J connectivity index is 1.60. The summed E-state index contributed by atoms with van der Waals surface area (Å²) in [5.41, 5.74) is 3.14. The number of nitrogens with zero attached hydrogens (tertiary/aromatic N) is 2. The van der Waals surface area contributed by atoms with Gasteiger partial charge in [-0.1, -0.05) is 42.0 Å². The number of hydrogen-bond donors (Lipinski definition) is 0. The number of carbonyl (C=O) groups is 2. The van der Waals surface area contributed by atoms with Gasteiger partial charge in [0.05, 0.1) is 31.6 Å². The Morgan fingerprint density at radius 3 is 2.15 bits per heavy atom. The Kier molecular flexibility index (Phi) is 5.26. The second-order valence-electron chi connectivity index (χ2n) is 8.12. The van der Waals surface area contributed by atoms with Crippen molar-refractivity contribution in [1.29, 1.82) is 0 Å². The molecule has 0 N–H and O–H groups in total. The Labute approximate surface area is 192 Å². The topological polar surface area (TPSA) is 68.3 Å². The molecule has 0 aliphatic carbocycles. The van der Waals surface area contributed by atoms with Gasteiger partial charge in [0.15, 0.2) is 17.6 Å². The molecule has 0 unspecified atom stereocenters. The van der Waals surface area contributed by atoms with E-state index in [1.165, 1.54) is 4.90 Å². The number of carbonyl (C=O) groups excluding carboxylic acids is 2. The number of methoxy groups -OCH3 is 2. The molecule has 3 aromatic carbocycles. The van der Waals surface area contributed by atoms with Crippen molar-refractivity contribution in [3.8, 4) is 11.5 Å². The third kappa shape index (κ3) is 3.41. The molecular formula is C26H24N2O5. The molecule has 0 saturated carbocycles. The molecular weight excluding hydrogens is 420 g/mol. The fourth-order valence-electron chi connectivity index (χ4n) is 4.54. The SMILES string of the molecule is COc1ccc([C@@H]2[C@H]3C(=O)N(c4ccc(C)cc4)C(=O)[C@@H]3ON2c2ccccc2)cc1OC. The molecule has 0 radical (unpaired) electrons. The maximum atomic E-state index is 13.7. The van der Waals surface area contributed by atoms with Crippen LogP contribution in [-0.4, -0.2) is 32.1 Å². The second-order valence-corrected chi connectivity index (χ2v) is 8.12. The van der Waals surface area contributed by atoms with Crippen LogP contribution in [0.1, 0.15) is 17.2 Å². The van der Waals surface area contributed by atoms with E-state index in [0.29, 0.717) is 17.2 Å². The zero-order valence-electron chi connectivity index (χ0n) is 18.6. The fourth-order valence-corrected chi connectivity index (χ4v) is 4.54. The molecule has 7 heteroatoms. The Bertz CT molecular complexity index is 1200. The van der Waals surface area contributed by atoms with Crippen LogP contribution in [0.5, 0.6) is 11.5 Å². The lowest BCUT2D eigenvalue weighted by Gasteiger charge is -2.29. The Morgan fingerprint density at radius 2 is 1.48 bits per heavy atom. The van der Waals surface area contributed by atoms with E-state index < -0.39 is 18.1 Å². The third-order valence-corrected chi connectivity index (χ3v) is 6.17. The average Bonchev–Trinajstić information content (AvgIpc) is 3.36. The zero-order chi connectivity index (χ0) is 23.1. The summed E-state index contributed by atoms with van der Waals surface area (Å²) in [6.07, 6.45) is -0.919. The van der Waals surface area contributed by atoms with Crippen LogP contribution in [0.3, 0.4) is 0 Å². The number of benzene rings is 3. The first-order valence-corrected chi connectivity index (χ1v) is 10.7. The minimum Gasteiger partial charge on any atom is -0.493 e. The highest BCUT2D eigenvalue weighted by atomic mass is 16.7. The van der Waals surface area contributed by atoms with Gasteiger partial charge in [-0.05, 0) is 48.9 Å². The number of rotatable bonds is 5. The first-order valence-electron chi connectivity index (χ1n) is 10.7. The maximum absolute atomic E-state index is 13.7. The van der Waals surface area contributed by atoms with Gasteiger partial charge in [-0.3, -0.25) is 14.4 Å². The van der Waals surface area contributed by atoms with Crippen molar-refractivity contribution in [2.24, 2.45) is 5.92 Å². The molecule has 0 aromatic heterocycles. The van der Waals surface area contributed by atoms with E-state index in [1.54, 1.807) is 37.5 Å². The van der Waals surface area contributed by atoms with Gasteiger partial charge < -0.3 is 9.47 Å². The standard InChI is InChI=1S/C26H24N2O5/c1-16-9-12-18(13-10-16)27-25(29)22-23(17-11-14-20(31-2)21(15-17)32-3)28(33-24(22)26(27)30)19-7-5-4-6-8-19/h4-15,22-24H,1-3H3/t22-,23-,24-/m1/s1. The number of fused-ring (bicyclic) bond motifs is 1. The summed E-state index contributed by atoms with van der Waals surface area (Å²) in [7, 11) is 3.13. The number of hydroxylamine groups is 1. The summed E-state index contributed by atoms with van der Waals surface area (Å²) >= 11 is 0. The van der Waals surface area contributed by atoms with E-state index in [-0.39, 0.29) is 11.8 Å². The van der Waals surface area contributed by atoms with Gasteiger partial charge in [0.1, 0.15) is 5.92 Å². The first kappa shape index (κ1) is 21.0. The lowest BCUT2D eigenvalue weighted by Crippen LogP contribution is -2.37. The van der Waals surface area contributed by atoms with Crippen molar-refractivity contribution < 1.29 is 23.9 Å². The summed E-state index contributed by atoms with van der Waals surface area (Å²) < 4.78 is 10.9. The van der Waals surface area contributed by atoms with Crippen molar-refractivity contribution in [3.05, 3.63) is 83.9 Å². The minimum atomic E-state index is -0.919. The van der Waals surface area contributed by atoms with Gasteiger partial charge in [-0.2, -0.15) is 0 Å². The molecule has 3 atom stereocenters. The number of ether oxygens (including phenoxy) is 2. The summed E-state index contributed by atoms with van der Waals surface area (Å²) in [5.74, 6) is -0.237. The molecule has 33 heavy (non-hydrogen) atoms. The maximum Gasteiger partial charge on any atom is 0.266 e. The van der Waals surface area contributed by atoms with Crippen LogP contribution in [0.15, 0.2) is 72.8 Å². The van der Waals surface area contributed by atoms with E-state index >= 15 is 0 Å². The summed E-state index contributed by atoms with van der Waals surface area (Å²) in [6, 6.07) is 21.8. The number of hydrogen-bond acceptors (Lipinski definition) is 6. The Hall–Kier alpha value is -3.84. The smallest absolute Gasteiger partial charge is 0.266 e. The Morgan fingerprint density at radius 1 is 0.788 bits per heavy atom. The number of amides is 2. The highest BCUT2D eigenvalue weighted by Crippen LogP contribution is 2.48. The molecule has 2 heterocycles. The van der Waals surface area contributed by atoms with Crippen molar-refractivity contribution in [2.45, 2.75) is 19.1 Å². The molecule has 3 aromatic rings. The normalized spacial score (nSPS) is 22.0. The lowest BCUT2D eigenvalue weighted by atomic mass is 9.90. The van der Waals surface area contributed by atoms with Crippen molar-refractivity contribution in [2.75, 3.05) is 24.2 Å². The number of anilines is 2. The summed E-state index contributed by atoms with van der Waals surface area (Å²) in [6.45, 7) is 1.96. The van der Waals surface area contributed by atoms with Gasteiger partial charge in [-0.25, -0.2) is 9.96 Å². The van der Waals surface area contributed by atoms with Gasteiger partial charge in [0.2, 0.25) is 5.91 Å². The molecule has 0 bridgehead atoms. The minimum absolute atomic E-state index is 0.285. The van der Waals surface area contributed by atoms with Gasteiger partial charge in [0.25, 0.3) is 5.91 Å². The second kappa shape index (κ2) is 8.26.